The van der Waals surface area contributed by atoms with Crippen molar-refractivity contribution in [2.24, 2.45) is 0 Å². The van der Waals surface area contributed by atoms with Gasteiger partial charge in [-0.25, -0.2) is 19.5 Å². The summed E-state index contributed by atoms with van der Waals surface area (Å²) in [7, 11) is 0. The molecule has 0 bridgehead atoms. The van der Waals surface area contributed by atoms with E-state index in [2.05, 4.69) is 20.3 Å². The van der Waals surface area contributed by atoms with Gasteiger partial charge in [0, 0.05) is 11.8 Å². The fourth-order valence-corrected chi connectivity index (χ4v) is 3.08. The number of pyridine rings is 1. The van der Waals surface area contributed by atoms with Gasteiger partial charge in [0.2, 0.25) is 0 Å². The number of nitrogens with one attached hydrogen (secondary N) is 1. The molecule has 1 aromatic carbocycles. The molecule has 184 valence electrons. The summed E-state index contributed by atoms with van der Waals surface area (Å²) in [6.07, 6.45) is 4.98. The molecule has 3 rings (SSSR count). The van der Waals surface area contributed by atoms with E-state index in [1.807, 2.05) is 25.1 Å². The first-order valence-corrected chi connectivity index (χ1v) is 11.2. The number of anilines is 3. The second-order valence-corrected chi connectivity index (χ2v) is 10.0. The molecule has 0 unspecified atom stereocenters. The number of rotatable bonds is 4. The summed E-state index contributed by atoms with van der Waals surface area (Å²) in [5.41, 5.74) is 1.75. The van der Waals surface area contributed by atoms with Gasteiger partial charge in [-0.3, -0.25) is 15.3 Å². The molecule has 3 aromatic rings. The largest absolute Gasteiger partial charge is 0.444 e. The Kier molecular flexibility index (Phi) is 7.38. The van der Waals surface area contributed by atoms with Crippen LogP contribution in [0.15, 0.2) is 55.1 Å². The minimum Gasteiger partial charge on any atom is -0.444 e. The number of carbonyl (C=O) groups is 2. The monoisotopic (exact) mass is 477 g/mol. The van der Waals surface area contributed by atoms with E-state index in [0.29, 0.717) is 22.6 Å². The van der Waals surface area contributed by atoms with Gasteiger partial charge in [-0.15, -0.1) is 0 Å². The predicted octanol–water partition coefficient (Wildman–Crippen LogP) is 6.27. The highest BCUT2D eigenvalue weighted by Gasteiger charge is 2.26. The third-order valence-corrected chi connectivity index (χ3v) is 4.37. The van der Waals surface area contributed by atoms with E-state index >= 15 is 0 Å². The number of aromatic nitrogens is 3. The molecule has 2 heterocycles. The van der Waals surface area contributed by atoms with Gasteiger partial charge in [0.05, 0.1) is 35.7 Å². The van der Waals surface area contributed by atoms with Gasteiger partial charge in [0.15, 0.2) is 5.82 Å². The Hall–Kier alpha value is -4.01. The number of nitrogens with zero attached hydrogens (tertiary/aromatic N) is 4. The Balaban J connectivity index is 1.96. The van der Waals surface area contributed by atoms with E-state index in [0.717, 1.165) is 5.56 Å². The van der Waals surface area contributed by atoms with Crippen LogP contribution in [0, 0.1) is 6.92 Å². The summed E-state index contributed by atoms with van der Waals surface area (Å²) in [5.74, 6) is 0.285. The maximum Gasteiger partial charge on any atom is 0.420 e. The molecule has 0 aliphatic rings. The molecule has 0 spiro atoms. The number of hydrogen-bond acceptors (Lipinski definition) is 7. The normalized spacial score (nSPS) is 11.5. The Labute approximate surface area is 205 Å². The molecule has 0 radical (unpaired) electrons. The van der Waals surface area contributed by atoms with Gasteiger partial charge in [0.25, 0.3) is 0 Å². The number of ether oxygens (including phenoxy) is 2. The maximum absolute atomic E-state index is 13.2. The van der Waals surface area contributed by atoms with Crippen LogP contribution in [0.3, 0.4) is 0 Å². The fourth-order valence-electron chi connectivity index (χ4n) is 3.08. The SMILES string of the molecule is Cc1cccc(N(C(=O)OC(C)(C)C)c2cncc(-c3cncc(NC(=O)OC(C)(C)C)c3)n2)c1. The molecular weight excluding hydrogens is 446 g/mol. The minimum atomic E-state index is -0.699. The molecule has 2 aromatic heterocycles. The van der Waals surface area contributed by atoms with Gasteiger partial charge < -0.3 is 9.47 Å². The Bertz CT molecular complexity index is 1210. The van der Waals surface area contributed by atoms with E-state index in [4.69, 9.17) is 9.47 Å². The zero-order chi connectivity index (χ0) is 25.8. The molecule has 1 N–H and O–H groups in total. The molecule has 0 aliphatic heterocycles. The van der Waals surface area contributed by atoms with Crippen LogP contribution in [0.2, 0.25) is 0 Å². The standard InChI is InChI=1S/C26H31N5O4/c1-17-9-8-10-20(11-17)31(24(33)35-26(5,6)7)22-16-28-15-21(30-22)18-12-19(14-27-13-18)29-23(32)34-25(2,3)4/h8-16H,1-7H3,(H,29,32). The summed E-state index contributed by atoms with van der Waals surface area (Å²) < 4.78 is 10.9. The van der Waals surface area contributed by atoms with Crippen molar-refractivity contribution in [3.8, 4) is 11.3 Å². The van der Waals surface area contributed by atoms with Gasteiger partial charge in [0.1, 0.15) is 11.2 Å². The molecule has 0 saturated heterocycles. The third kappa shape index (κ3) is 7.49. The minimum absolute atomic E-state index is 0.285. The lowest BCUT2D eigenvalue weighted by atomic mass is 10.2. The molecule has 2 amide bonds. The molecule has 0 aliphatic carbocycles. The van der Waals surface area contributed by atoms with Crippen LogP contribution < -0.4 is 10.2 Å². The van der Waals surface area contributed by atoms with E-state index in [-0.39, 0.29) is 5.82 Å². The number of benzene rings is 1. The number of carbonyl (C=O) groups excluding carboxylic acids is 2. The lowest BCUT2D eigenvalue weighted by molar-refractivity contribution is 0.0595. The zero-order valence-electron chi connectivity index (χ0n) is 21.1. The van der Waals surface area contributed by atoms with Crippen molar-refractivity contribution in [2.75, 3.05) is 10.2 Å². The summed E-state index contributed by atoms with van der Waals surface area (Å²) in [5, 5.41) is 2.67. The zero-order valence-corrected chi connectivity index (χ0v) is 21.1. The second kappa shape index (κ2) is 10.1. The molecule has 35 heavy (non-hydrogen) atoms. The molecule has 9 nitrogen and oxygen atoms in total. The Morgan fingerprint density at radius 1 is 0.886 bits per heavy atom. The second-order valence-electron chi connectivity index (χ2n) is 10.0. The fraction of sp³-hybridized carbons (Fsp3) is 0.346. The van der Waals surface area contributed by atoms with Crippen molar-refractivity contribution in [1.29, 1.82) is 0 Å². The van der Waals surface area contributed by atoms with Crippen molar-refractivity contribution in [1.82, 2.24) is 15.0 Å². The quantitative estimate of drug-likeness (QED) is 0.472. The molecule has 0 fully saturated rings. The molecule has 0 atom stereocenters. The molecule has 9 heteroatoms. The maximum atomic E-state index is 13.2. The summed E-state index contributed by atoms with van der Waals surface area (Å²) >= 11 is 0. The van der Waals surface area contributed by atoms with E-state index < -0.39 is 23.4 Å². The topological polar surface area (TPSA) is 107 Å². The Morgan fingerprint density at radius 2 is 1.57 bits per heavy atom. The third-order valence-electron chi connectivity index (χ3n) is 4.37. The van der Waals surface area contributed by atoms with Gasteiger partial charge in [-0.1, -0.05) is 12.1 Å². The van der Waals surface area contributed by atoms with Crippen LogP contribution in [0.5, 0.6) is 0 Å². The molecular formula is C26H31N5O4. The van der Waals surface area contributed by atoms with Crippen LogP contribution in [0.25, 0.3) is 11.3 Å². The number of amides is 2. The predicted molar refractivity (Wildman–Crippen MR) is 135 cm³/mol. The van der Waals surface area contributed by atoms with Crippen LogP contribution in [0.1, 0.15) is 47.1 Å². The number of aryl methyl sites for hydroxylation is 1. The van der Waals surface area contributed by atoms with Crippen molar-refractivity contribution in [2.45, 2.75) is 59.7 Å². The van der Waals surface area contributed by atoms with Crippen LogP contribution in [-0.2, 0) is 9.47 Å². The first kappa shape index (κ1) is 25.6. The molecule has 0 saturated carbocycles. The van der Waals surface area contributed by atoms with Gasteiger partial charge in [-0.05, 0) is 72.2 Å². The van der Waals surface area contributed by atoms with Gasteiger partial charge in [-0.2, -0.15) is 0 Å². The highest BCUT2D eigenvalue weighted by atomic mass is 16.6. The summed E-state index contributed by atoms with van der Waals surface area (Å²) in [6, 6.07) is 9.17. The summed E-state index contributed by atoms with van der Waals surface area (Å²) in [6.45, 7) is 12.7. The van der Waals surface area contributed by atoms with Crippen LogP contribution in [-0.4, -0.2) is 38.3 Å². The number of hydrogen-bond donors (Lipinski definition) is 1. The lowest BCUT2D eigenvalue weighted by Crippen LogP contribution is -2.34. The smallest absolute Gasteiger partial charge is 0.420 e. The van der Waals surface area contributed by atoms with Gasteiger partial charge >= 0.3 is 12.2 Å². The van der Waals surface area contributed by atoms with Crippen molar-refractivity contribution in [3.05, 3.63) is 60.7 Å². The highest BCUT2D eigenvalue weighted by Crippen LogP contribution is 2.29. The average Bonchev–Trinajstić information content (AvgIpc) is 2.72. The Morgan fingerprint density at radius 3 is 2.23 bits per heavy atom. The van der Waals surface area contributed by atoms with E-state index in [1.54, 1.807) is 66.1 Å². The average molecular weight is 478 g/mol. The van der Waals surface area contributed by atoms with E-state index in [9.17, 15) is 9.59 Å². The van der Waals surface area contributed by atoms with Crippen molar-refractivity contribution < 1.29 is 19.1 Å². The van der Waals surface area contributed by atoms with E-state index in [1.165, 1.54) is 17.3 Å². The van der Waals surface area contributed by atoms with Crippen LogP contribution >= 0.6 is 0 Å². The van der Waals surface area contributed by atoms with Crippen LogP contribution in [0.4, 0.5) is 26.8 Å². The van der Waals surface area contributed by atoms with Crippen molar-refractivity contribution in [3.63, 3.8) is 0 Å². The van der Waals surface area contributed by atoms with Crippen molar-refractivity contribution >= 4 is 29.4 Å². The lowest BCUT2D eigenvalue weighted by Gasteiger charge is -2.27. The summed E-state index contributed by atoms with van der Waals surface area (Å²) in [4.78, 5) is 39.8. The highest BCUT2D eigenvalue weighted by molar-refractivity contribution is 5.95. The first-order chi connectivity index (χ1) is 16.3. The first-order valence-electron chi connectivity index (χ1n) is 11.2.